The molecule has 0 atom stereocenters. The van der Waals surface area contributed by atoms with Crippen LogP contribution in [-0.2, 0) is 17.7 Å². The fraction of sp³-hybridized carbons (Fsp3) is 0.522. The lowest BCUT2D eigenvalue weighted by Crippen LogP contribution is -2.41. The maximum absolute atomic E-state index is 14.2. The summed E-state index contributed by atoms with van der Waals surface area (Å²) in [7, 11) is 0. The zero-order valence-corrected chi connectivity index (χ0v) is 17.7. The van der Waals surface area contributed by atoms with E-state index >= 15 is 0 Å². The van der Waals surface area contributed by atoms with Gasteiger partial charge in [-0.25, -0.2) is 9.37 Å². The minimum atomic E-state index is -0.478. The van der Waals surface area contributed by atoms with Crippen LogP contribution in [0.2, 0.25) is 0 Å². The van der Waals surface area contributed by atoms with Gasteiger partial charge in [-0.3, -0.25) is 4.79 Å². The topological polar surface area (TPSA) is 61.8 Å². The van der Waals surface area contributed by atoms with Crippen molar-refractivity contribution in [2.75, 3.05) is 55.7 Å². The van der Waals surface area contributed by atoms with Gasteiger partial charge in [-0.05, 0) is 31.4 Å². The number of morpholine rings is 1. The summed E-state index contributed by atoms with van der Waals surface area (Å²) in [6, 6.07) is 6.19. The van der Waals surface area contributed by atoms with E-state index in [1.54, 1.807) is 23.1 Å². The molecule has 0 aliphatic carbocycles. The molecule has 0 bridgehead atoms. The van der Waals surface area contributed by atoms with Crippen LogP contribution in [-0.4, -0.2) is 66.7 Å². The monoisotopic (exact) mass is 425 g/mol. The Labute approximate surface area is 181 Å². The van der Waals surface area contributed by atoms with Crippen LogP contribution < -0.4 is 9.80 Å². The SMILES string of the molecule is O=C(c1ccccc1F)N1CCc2nc(N3CCOCC3)nc(N3CCCCC3)c2C1. The Morgan fingerprint density at radius 2 is 1.71 bits per heavy atom. The highest BCUT2D eigenvalue weighted by atomic mass is 19.1. The van der Waals surface area contributed by atoms with Gasteiger partial charge in [0.15, 0.2) is 0 Å². The number of ether oxygens (including phenoxy) is 1. The van der Waals surface area contributed by atoms with E-state index in [1.807, 2.05) is 0 Å². The number of aromatic nitrogens is 2. The second kappa shape index (κ2) is 8.78. The van der Waals surface area contributed by atoms with Crippen molar-refractivity contribution in [1.82, 2.24) is 14.9 Å². The molecule has 1 aromatic heterocycles. The molecule has 2 aromatic rings. The number of fused-ring (bicyclic) bond motifs is 1. The van der Waals surface area contributed by atoms with Crippen molar-refractivity contribution in [1.29, 1.82) is 0 Å². The van der Waals surface area contributed by atoms with Gasteiger partial charge in [0.1, 0.15) is 11.6 Å². The van der Waals surface area contributed by atoms with E-state index in [1.165, 1.54) is 12.5 Å². The Morgan fingerprint density at radius 1 is 0.935 bits per heavy atom. The smallest absolute Gasteiger partial charge is 0.257 e. The lowest BCUT2D eigenvalue weighted by atomic mass is 10.0. The lowest BCUT2D eigenvalue weighted by molar-refractivity contribution is 0.0728. The highest BCUT2D eigenvalue weighted by Gasteiger charge is 2.30. The van der Waals surface area contributed by atoms with Crippen LogP contribution in [0.15, 0.2) is 24.3 Å². The Morgan fingerprint density at radius 3 is 2.48 bits per heavy atom. The van der Waals surface area contributed by atoms with Gasteiger partial charge in [0.05, 0.1) is 31.0 Å². The summed E-state index contributed by atoms with van der Waals surface area (Å²) in [5.74, 6) is 0.952. The first-order valence-corrected chi connectivity index (χ1v) is 11.2. The highest BCUT2D eigenvalue weighted by molar-refractivity contribution is 5.94. The summed E-state index contributed by atoms with van der Waals surface area (Å²) >= 11 is 0. The van der Waals surface area contributed by atoms with Crippen LogP contribution in [0.1, 0.15) is 40.9 Å². The van der Waals surface area contributed by atoms with Crippen molar-refractivity contribution in [3.63, 3.8) is 0 Å². The first-order valence-electron chi connectivity index (χ1n) is 11.2. The molecule has 0 unspecified atom stereocenters. The third-order valence-corrected chi connectivity index (χ3v) is 6.37. The van der Waals surface area contributed by atoms with Crippen molar-refractivity contribution >= 4 is 17.7 Å². The number of hydrogen-bond donors (Lipinski definition) is 0. The summed E-state index contributed by atoms with van der Waals surface area (Å²) in [6.45, 7) is 5.82. The van der Waals surface area contributed by atoms with E-state index in [0.29, 0.717) is 32.7 Å². The number of halogens is 1. The minimum Gasteiger partial charge on any atom is -0.378 e. The molecule has 1 aromatic carbocycles. The van der Waals surface area contributed by atoms with Crippen LogP contribution in [0, 0.1) is 5.82 Å². The third-order valence-electron chi connectivity index (χ3n) is 6.37. The molecule has 3 aliphatic rings. The largest absolute Gasteiger partial charge is 0.378 e. The van der Waals surface area contributed by atoms with E-state index in [4.69, 9.17) is 14.7 Å². The minimum absolute atomic E-state index is 0.122. The molecule has 7 nitrogen and oxygen atoms in total. The number of rotatable bonds is 3. The van der Waals surface area contributed by atoms with Crippen LogP contribution in [0.5, 0.6) is 0 Å². The summed E-state index contributed by atoms with van der Waals surface area (Å²) in [4.78, 5) is 29.2. The Kier molecular flexibility index (Phi) is 5.72. The molecule has 0 N–H and O–H groups in total. The maximum Gasteiger partial charge on any atom is 0.257 e. The molecule has 1 amide bonds. The van der Waals surface area contributed by atoms with Crippen molar-refractivity contribution in [3.8, 4) is 0 Å². The summed E-state index contributed by atoms with van der Waals surface area (Å²) < 4.78 is 19.7. The van der Waals surface area contributed by atoms with Crippen LogP contribution in [0.3, 0.4) is 0 Å². The molecule has 3 aliphatic heterocycles. The molecule has 0 spiro atoms. The zero-order valence-electron chi connectivity index (χ0n) is 17.7. The highest BCUT2D eigenvalue weighted by Crippen LogP contribution is 2.31. The molecular weight excluding hydrogens is 397 g/mol. The van der Waals surface area contributed by atoms with Crippen molar-refractivity contribution in [3.05, 3.63) is 46.9 Å². The number of amides is 1. The van der Waals surface area contributed by atoms with E-state index in [2.05, 4.69) is 9.80 Å². The fourth-order valence-electron chi connectivity index (χ4n) is 4.63. The van der Waals surface area contributed by atoms with Gasteiger partial charge in [-0.2, -0.15) is 4.98 Å². The van der Waals surface area contributed by atoms with E-state index in [0.717, 1.165) is 62.0 Å². The quantitative estimate of drug-likeness (QED) is 0.754. The summed E-state index contributed by atoms with van der Waals surface area (Å²) in [5, 5.41) is 0. The van der Waals surface area contributed by atoms with Gasteiger partial charge < -0.3 is 19.4 Å². The van der Waals surface area contributed by atoms with Crippen molar-refractivity contribution in [2.24, 2.45) is 0 Å². The first-order chi connectivity index (χ1) is 15.2. The van der Waals surface area contributed by atoms with Gasteiger partial charge in [0.2, 0.25) is 5.95 Å². The predicted octanol–water partition coefficient (Wildman–Crippen LogP) is 2.64. The van der Waals surface area contributed by atoms with Crippen LogP contribution >= 0.6 is 0 Å². The maximum atomic E-state index is 14.2. The van der Waals surface area contributed by atoms with E-state index < -0.39 is 5.82 Å². The average molecular weight is 426 g/mol. The predicted molar refractivity (Wildman–Crippen MR) is 116 cm³/mol. The number of carbonyl (C=O) groups excluding carboxylic acids is 1. The normalized spacial score (nSPS) is 19.3. The van der Waals surface area contributed by atoms with Crippen molar-refractivity contribution in [2.45, 2.75) is 32.2 Å². The Bertz CT molecular complexity index is 957. The molecular formula is C23H28FN5O2. The zero-order chi connectivity index (χ0) is 21.2. The van der Waals surface area contributed by atoms with Crippen LogP contribution in [0.25, 0.3) is 0 Å². The summed E-state index contributed by atoms with van der Waals surface area (Å²) in [5.41, 5.74) is 2.14. The lowest BCUT2D eigenvalue weighted by Gasteiger charge is -2.36. The van der Waals surface area contributed by atoms with E-state index in [9.17, 15) is 9.18 Å². The molecule has 4 heterocycles. The molecule has 0 saturated carbocycles. The molecule has 5 rings (SSSR count). The molecule has 8 heteroatoms. The van der Waals surface area contributed by atoms with Gasteiger partial charge in [-0.15, -0.1) is 0 Å². The number of benzene rings is 1. The molecule has 0 radical (unpaired) electrons. The number of anilines is 2. The fourth-order valence-corrected chi connectivity index (χ4v) is 4.63. The third kappa shape index (κ3) is 4.08. The first kappa shape index (κ1) is 20.2. The van der Waals surface area contributed by atoms with Gasteiger partial charge in [0.25, 0.3) is 5.91 Å². The summed E-state index contributed by atoms with van der Waals surface area (Å²) in [6.07, 6.45) is 4.17. The van der Waals surface area contributed by atoms with Gasteiger partial charge >= 0.3 is 0 Å². The van der Waals surface area contributed by atoms with Gasteiger partial charge in [-0.1, -0.05) is 12.1 Å². The molecule has 31 heavy (non-hydrogen) atoms. The Balaban J connectivity index is 1.48. The number of nitrogens with zero attached hydrogens (tertiary/aromatic N) is 5. The molecule has 2 fully saturated rings. The number of piperidine rings is 1. The van der Waals surface area contributed by atoms with Crippen molar-refractivity contribution < 1.29 is 13.9 Å². The standard InChI is InChI=1S/C23H28FN5O2/c24-19-7-3-2-6-17(19)22(30)29-11-8-20-18(16-29)21(27-9-4-1-5-10-27)26-23(25-20)28-12-14-31-15-13-28/h2-3,6-7H,1,4-5,8-16H2. The second-order valence-electron chi connectivity index (χ2n) is 8.38. The average Bonchev–Trinajstić information content (AvgIpc) is 2.84. The number of carbonyl (C=O) groups is 1. The second-order valence-corrected chi connectivity index (χ2v) is 8.38. The Hall–Kier alpha value is -2.74. The number of hydrogen-bond acceptors (Lipinski definition) is 6. The molecule has 164 valence electrons. The van der Waals surface area contributed by atoms with Crippen LogP contribution in [0.4, 0.5) is 16.2 Å². The van der Waals surface area contributed by atoms with E-state index in [-0.39, 0.29) is 11.5 Å². The molecule has 2 saturated heterocycles. The van der Waals surface area contributed by atoms with Gasteiger partial charge in [0, 0.05) is 44.7 Å².